The lowest BCUT2D eigenvalue weighted by atomic mass is 9.97. The molecule has 0 bridgehead atoms. The predicted molar refractivity (Wildman–Crippen MR) is 88.8 cm³/mol. The molecule has 20 heavy (non-hydrogen) atoms. The molecule has 2 unspecified atom stereocenters. The highest BCUT2D eigenvalue weighted by atomic mass is 32.1. The average Bonchev–Trinajstić information content (AvgIpc) is 2.87. The van der Waals surface area contributed by atoms with Gasteiger partial charge in [-0.1, -0.05) is 20.8 Å². The summed E-state index contributed by atoms with van der Waals surface area (Å²) >= 11 is 1.90. The van der Waals surface area contributed by atoms with Gasteiger partial charge in [-0.3, -0.25) is 0 Å². The minimum Gasteiger partial charge on any atom is -0.348 e. The first-order valence-electron chi connectivity index (χ1n) is 8.00. The third-order valence-electron chi connectivity index (χ3n) is 4.46. The van der Waals surface area contributed by atoms with Gasteiger partial charge in [0.15, 0.2) is 5.13 Å². The van der Waals surface area contributed by atoms with Gasteiger partial charge in [0.05, 0.1) is 11.7 Å². The predicted octanol–water partition coefficient (Wildman–Crippen LogP) is 4.00. The number of aryl methyl sites for hydroxylation is 1. The molecule has 1 aliphatic carbocycles. The first-order chi connectivity index (χ1) is 9.54. The largest absolute Gasteiger partial charge is 0.348 e. The van der Waals surface area contributed by atoms with E-state index in [2.05, 4.69) is 45.0 Å². The Balaban J connectivity index is 2.16. The van der Waals surface area contributed by atoms with Crippen molar-refractivity contribution >= 4 is 16.5 Å². The normalized spacial score (nSPS) is 20.0. The molecule has 0 fully saturated rings. The molecule has 1 aromatic rings. The van der Waals surface area contributed by atoms with E-state index in [9.17, 15) is 0 Å². The molecule has 4 heteroatoms. The van der Waals surface area contributed by atoms with Crippen LogP contribution >= 0.6 is 11.3 Å². The van der Waals surface area contributed by atoms with Crippen molar-refractivity contribution < 1.29 is 0 Å². The smallest absolute Gasteiger partial charge is 0.185 e. The van der Waals surface area contributed by atoms with Crippen LogP contribution in [0.4, 0.5) is 5.13 Å². The van der Waals surface area contributed by atoms with E-state index in [1.165, 1.54) is 41.4 Å². The lowest BCUT2D eigenvalue weighted by molar-refractivity contribution is 0.453. The van der Waals surface area contributed by atoms with Crippen molar-refractivity contribution in [1.29, 1.82) is 0 Å². The lowest BCUT2D eigenvalue weighted by Crippen LogP contribution is -2.33. The molecule has 0 saturated carbocycles. The molecule has 1 heterocycles. The number of nitrogens with one attached hydrogen (secondary N) is 1. The van der Waals surface area contributed by atoms with E-state index < -0.39 is 0 Å². The molecular weight excluding hydrogens is 266 g/mol. The minimum atomic E-state index is 0.478. The molecule has 0 saturated heterocycles. The third-order valence-corrected chi connectivity index (χ3v) is 5.68. The maximum atomic E-state index is 4.97. The van der Waals surface area contributed by atoms with Crippen LogP contribution in [0.5, 0.6) is 0 Å². The van der Waals surface area contributed by atoms with Crippen LogP contribution in [0, 0.1) is 5.92 Å². The van der Waals surface area contributed by atoms with E-state index in [4.69, 9.17) is 4.98 Å². The molecule has 0 radical (unpaired) electrons. The van der Waals surface area contributed by atoms with Crippen LogP contribution in [0.2, 0.25) is 0 Å². The Bertz CT molecular complexity index is 427. The first-order valence-corrected chi connectivity index (χ1v) is 8.82. The third kappa shape index (κ3) is 3.34. The van der Waals surface area contributed by atoms with Crippen LogP contribution in [0.3, 0.4) is 0 Å². The highest BCUT2D eigenvalue weighted by molar-refractivity contribution is 7.15. The number of anilines is 1. The van der Waals surface area contributed by atoms with Crippen molar-refractivity contribution in [3.8, 4) is 0 Å². The molecule has 114 valence electrons. The fraction of sp³-hybridized carbons (Fsp3) is 0.812. The van der Waals surface area contributed by atoms with Gasteiger partial charge in [0.25, 0.3) is 0 Å². The van der Waals surface area contributed by atoms with Crippen molar-refractivity contribution in [1.82, 2.24) is 10.3 Å². The van der Waals surface area contributed by atoms with E-state index in [1.54, 1.807) is 0 Å². The second kappa shape index (κ2) is 6.90. The van der Waals surface area contributed by atoms with Crippen molar-refractivity contribution in [2.24, 2.45) is 5.92 Å². The summed E-state index contributed by atoms with van der Waals surface area (Å²) in [4.78, 5) is 8.82. The molecule has 0 amide bonds. The molecule has 1 aromatic heterocycles. The fourth-order valence-corrected chi connectivity index (χ4v) is 3.91. The molecule has 0 aliphatic heterocycles. The molecule has 2 atom stereocenters. The van der Waals surface area contributed by atoms with E-state index in [1.807, 2.05) is 11.3 Å². The van der Waals surface area contributed by atoms with Gasteiger partial charge in [0.2, 0.25) is 0 Å². The van der Waals surface area contributed by atoms with Crippen LogP contribution in [-0.4, -0.2) is 24.6 Å². The van der Waals surface area contributed by atoms with Crippen molar-refractivity contribution in [3.05, 3.63) is 10.6 Å². The van der Waals surface area contributed by atoms with E-state index in [-0.39, 0.29) is 0 Å². The summed E-state index contributed by atoms with van der Waals surface area (Å²) in [5.41, 5.74) is 1.33. The summed E-state index contributed by atoms with van der Waals surface area (Å²) < 4.78 is 0. The number of aromatic nitrogens is 1. The zero-order valence-corrected chi connectivity index (χ0v) is 14.4. The summed E-state index contributed by atoms with van der Waals surface area (Å²) in [7, 11) is 2.18. The van der Waals surface area contributed by atoms with Crippen LogP contribution in [0.1, 0.15) is 63.6 Å². The highest BCUT2D eigenvalue weighted by Gasteiger charge is 2.26. The zero-order chi connectivity index (χ0) is 14.7. The Morgan fingerprint density at radius 2 is 2.15 bits per heavy atom. The molecule has 1 aliphatic rings. The average molecular weight is 295 g/mol. The second-order valence-corrected chi connectivity index (χ2v) is 7.36. The summed E-state index contributed by atoms with van der Waals surface area (Å²) in [5.74, 6) is 0.648. The number of rotatable bonds is 6. The standard InChI is InChI=1S/C16H29N3S/c1-6-10-17-13-8-7-9-14-15(13)18-16(20-14)19(5)12(4)11(2)3/h11-13,17H,6-10H2,1-5H3. The fourth-order valence-electron chi connectivity index (χ4n) is 2.70. The lowest BCUT2D eigenvalue weighted by Gasteiger charge is -2.27. The van der Waals surface area contributed by atoms with Crippen LogP contribution in [0.25, 0.3) is 0 Å². The van der Waals surface area contributed by atoms with Gasteiger partial charge in [0.1, 0.15) is 0 Å². The van der Waals surface area contributed by atoms with Gasteiger partial charge in [-0.05, 0) is 45.1 Å². The number of thiazole rings is 1. The summed E-state index contributed by atoms with van der Waals surface area (Å²) in [5, 5.41) is 4.85. The topological polar surface area (TPSA) is 28.2 Å². The number of hydrogen-bond donors (Lipinski definition) is 1. The number of fused-ring (bicyclic) bond motifs is 1. The van der Waals surface area contributed by atoms with Crippen LogP contribution in [0.15, 0.2) is 0 Å². The molecule has 0 spiro atoms. The van der Waals surface area contributed by atoms with E-state index >= 15 is 0 Å². The summed E-state index contributed by atoms with van der Waals surface area (Å²) in [6.07, 6.45) is 4.92. The molecule has 0 aromatic carbocycles. The van der Waals surface area contributed by atoms with Crippen LogP contribution < -0.4 is 10.2 Å². The Labute approximate surface area is 127 Å². The SMILES string of the molecule is CCCNC1CCCc2sc(N(C)C(C)C(C)C)nc21. The van der Waals surface area contributed by atoms with E-state index in [0.717, 1.165) is 6.54 Å². The van der Waals surface area contributed by atoms with Gasteiger partial charge in [-0.2, -0.15) is 0 Å². The zero-order valence-electron chi connectivity index (χ0n) is 13.6. The monoisotopic (exact) mass is 295 g/mol. The van der Waals surface area contributed by atoms with Gasteiger partial charge in [0, 0.05) is 18.0 Å². The van der Waals surface area contributed by atoms with Gasteiger partial charge < -0.3 is 10.2 Å². The molecule has 3 nitrogen and oxygen atoms in total. The quantitative estimate of drug-likeness (QED) is 0.860. The summed E-state index contributed by atoms with van der Waals surface area (Å²) in [6.45, 7) is 10.2. The first kappa shape index (κ1) is 15.8. The van der Waals surface area contributed by atoms with Crippen molar-refractivity contribution in [2.75, 3.05) is 18.5 Å². The Morgan fingerprint density at radius 1 is 1.40 bits per heavy atom. The number of nitrogens with zero attached hydrogens (tertiary/aromatic N) is 2. The van der Waals surface area contributed by atoms with Crippen molar-refractivity contribution in [2.45, 2.75) is 65.5 Å². The highest BCUT2D eigenvalue weighted by Crippen LogP contribution is 2.37. The maximum absolute atomic E-state index is 4.97. The van der Waals surface area contributed by atoms with Crippen LogP contribution in [-0.2, 0) is 6.42 Å². The van der Waals surface area contributed by atoms with Gasteiger partial charge in [-0.15, -0.1) is 11.3 Å². The minimum absolute atomic E-state index is 0.478. The molecular formula is C16H29N3S. The van der Waals surface area contributed by atoms with Gasteiger partial charge >= 0.3 is 0 Å². The molecule has 1 N–H and O–H groups in total. The van der Waals surface area contributed by atoms with Crippen molar-refractivity contribution in [3.63, 3.8) is 0 Å². The Hall–Kier alpha value is -0.610. The maximum Gasteiger partial charge on any atom is 0.185 e. The second-order valence-electron chi connectivity index (χ2n) is 6.30. The number of hydrogen-bond acceptors (Lipinski definition) is 4. The molecule has 2 rings (SSSR count). The Kier molecular flexibility index (Phi) is 5.44. The van der Waals surface area contributed by atoms with E-state index in [0.29, 0.717) is 18.0 Å². The van der Waals surface area contributed by atoms with Gasteiger partial charge in [-0.25, -0.2) is 4.98 Å². The summed E-state index contributed by atoms with van der Waals surface area (Å²) in [6, 6.07) is 1.01. The Morgan fingerprint density at radius 3 is 2.80 bits per heavy atom.